The molecule has 0 atom stereocenters. The molecule has 0 spiro atoms. The number of anilines is 1. The molecule has 2 rings (SSSR count). The number of hydrogen-bond acceptors (Lipinski definition) is 3. The van der Waals surface area contributed by atoms with Gasteiger partial charge in [0.05, 0.1) is 7.11 Å². The normalized spacial score (nSPS) is 14.6. The minimum absolute atomic E-state index is 0.129. The fraction of sp³-hybridized carbons (Fsp3) is 0.417. The third kappa shape index (κ3) is 2.45. The van der Waals surface area contributed by atoms with Gasteiger partial charge in [0, 0.05) is 23.7 Å². The van der Waals surface area contributed by atoms with E-state index < -0.39 is 0 Å². The fourth-order valence-corrected chi connectivity index (χ4v) is 1.61. The van der Waals surface area contributed by atoms with E-state index in [0.29, 0.717) is 12.2 Å². The SMILES string of the molecule is COc1ccc(N)cc1CNC(=O)C1CC1. The van der Waals surface area contributed by atoms with Crippen molar-refractivity contribution in [2.45, 2.75) is 19.4 Å². The van der Waals surface area contributed by atoms with E-state index in [0.717, 1.165) is 24.2 Å². The number of rotatable bonds is 4. The molecule has 0 radical (unpaired) electrons. The summed E-state index contributed by atoms with van der Waals surface area (Å²) in [5.74, 6) is 1.11. The van der Waals surface area contributed by atoms with E-state index in [1.165, 1.54) is 0 Å². The van der Waals surface area contributed by atoms with Gasteiger partial charge in [0.25, 0.3) is 0 Å². The minimum Gasteiger partial charge on any atom is -0.496 e. The average Bonchev–Trinajstić information content (AvgIpc) is 3.10. The Morgan fingerprint density at radius 3 is 2.94 bits per heavy atom. The predicted molar refractivity (Wildman–Crippen MR) is 62.0 cm³/mol. The summed E-state index contributed by atoms with van der Waals surface area (Å²) in [5, 5.41) is 2.89. The lowest BCUT2D eigenvalue weighted by atomic mass is 10.1. The topological polar surface area (TPSA) is 64.3 Å². The maximum atomic E-state index is 11.5. The van der Waals surface area contributed by atoms with Gasteiger partial charge in [-0.1, -0.05) is 0 Å². The van der Waals surface area contributed by atoms with Crippen molar-refractivity contribution in [2.24, 2.45) is 5.92 Å². The van der Waals surface area contributed by atoms with E-state index in [2.05, 4.69) is 5.32 Å². The largest absolute Gasteiger partial charge is 0.496 e. The van der Waals surface area contributed by atoms with E-state index in [1.54, 1.807) is 13.2 Å². The minimum atomic E-state index is 0.129. The highest BCUT2D eigenvalue weighted by Gasteiger charge is 2.29. The van der Waals surface area contributed by atoms with Gasteiger partial charge < -0.3 is 15.8 Å². The molecule has 86 valence electrons. The van der Waals surface area contributed by atoms with E-state index >= 15 is 0 Å². The lowest BCUT2D eigenvalue weighted by molar-refractivity contribution is -0.122. The molecule has 3 N–H and O–H groups in total. The highest BCUT2D eigenvalue weighted by atomic mass is 16.5. The van der Waals surface area contributed by atoms with E-state index in [4.69, 9.17) is 10.5 Å². The molecule has 0 unspecified atom stereocenters. The van der Waals surface area contributed by atoms with Crippen molar-refractivity contribution < 1.29 is 9.53 Å². The maximum absolute atomic E-state index is 11.5. The molecule has 1 saturated carbocycles. The lowest BCUT2D eigenvalue weighted by Gasteiger charge is -2.10. The Labute approximate surface area is 94.8 Å². The Kier molecular flexibility index (Phi) is 2.99. The van der Waals surface area contributed by atoms with Crippen molar-refractivity contribution in [1.29, 1.82) is 0 Å². The lowest BCUT2D eigenvalue weighted by Crippen LogP contribution is -2.24. The molecule has 1 aliphatic carbocycles. The number of nitrogens with one attached hydrogen (secondary N) is 1. The number of carbonyl (C=O) groups is 1. The van der Waals surface area contributed by atoms with Gasteiger partial charge in [-0.2, -0.15) is 0 Å². The van der Waals surface area contributed by atoms with Crippen LogP contribution in [0.4, 0.5) is 5.69 Å². The van der Waals surface area contributed by atoms with Gasteiger partial charge in [-0.25, -0.2) is 0 Å². The van der Waals surface area contributed by atoms with Crippen LogP contribution in [0.25, 0.3) is 0 Å². The average molecular weight is 220 g/mol. The zero-order chi connectivity index (χ0) is 11.5. The summed E-state index contributed by atoms with van der Waals surface area (Å²) in [4.78, 5) is 11.5. The number of ether oxygens (including phenoxy) is 1. The maximum Gasteiger partial charge on any atom is 0.223 e. The van der Waals surface area contributed by atoms with Gasteiger partial charge in [0.2, 0.25) is 5.91 Å². The summed E-state index contributed by atoms with van der Waals surface area (Å²) in [5.41, 5.74) is 7.28. The molecule has 16 heavy (non-hydrogen) atoms. The van der Waals surface area contributed by atoms with Crippen molar-refractivity contribution in [1.82, 2.24) is 5.32 Å². The van der Waals surface area contributed by atoms with Gasteiger partial charge in [0.15, 0.2) is 0 Å². The standard InChI is InChI=1S/C12H16N2O2/c1-16-11-5-4-10(13)6-9(11)7-14-12(15)8-2-3-8/h4-6,8H,2-3,7,13H2,1H3,(H,14,15). The van der Waals surface area contributed by atoms with E-state index in [-0.39, 0.29) is 11.8 Å². The number of benzene rings is 1. The highest BCUT2D eigenvalue weighted by Crippen LogP contribution is 2.29. The molecule has 0 aliphatic heterocycles. The number of carbonyl (C=O) groups excluding carboxylic acids is 1. The molecule has 0 heterocycles. The molecule has 0 aromatic heterocycles. The smallest absolute Gasteiger partial charge is 0.223 e. The molecule has 1 aliphatic rings. The Morgan fingerprint density at radius 2 is 2.31 bits per heavy atom. The van der Waals surface area contributed by atoms with Gasteiger partial charge in [0.1, 0.15) is 5.75 Å². The fourth-order valence-electron chi connectivity index (χ4n) is 1.61. The second kappa shape index (κ2) is 4.43. The van der Waals surface area contributed by atoms with Gasteiger partial charge in [-0.3, -0.25) is 4.79 Å². The van der Waals surface area contributed by atoms with Gasteiger partial charge in [-0.15, -0.1) is 0 Å². The van der Waals surface area contributed by atoms with Crippen molar-refractivity contribution in [2.75, 3.05) is 12.8 Å². The molecule has 1 fully saturated rings. The molecule has 0 saturated heterocycles. The Balaban J connectivity index is 2.01. The van der Waals surface area contributed by atoms with Crippen molar-refractivity contribution in [3.8, 4) is 5.75 Å². The second-order valence-corrected chi connectivity index (χ2v) is 4.06. The summed E-state index contributed by atoms with van der Waals surface area (Å²) in [6.45, 7) is 0.476. The molecular weight excluding hydrogens is 204 g/mol. The number of hydrogen-bond donors (Lipinski definition) is 2. The third-order valence-electron chi connectivity index (χ3n) is 2.71. The second-order valence-electron chi connectivity index (χ2n) is 4.06. The first-order valence-corrected chi connectivity index (χ1v) is 5.41. The van der Waals surface area contributed by atoms with Crippen molar-refractivity contribution >= 4 is 11.6 Å². The first kappa shape index (κ1) is 10.8. The summed E-state index contributed by atoms with van der Waals surface area (Å²) in [6.07, 6.45) is 2.03. The van der Waals surface area contributed by atoms with Crippen molar-refractivity contribution in [3.63, 3.8) is 0 Å². The van der Waals surface area contributed by atoms with Crippen LogP contribution >= 0.6 is 0 Å². The molecule has 4 nitrogen and oxygen atoms in total. The summed E-state index contributed by atoms with van der Waals surface area (Å²) >= 11 is 0. The van der Waals surface area contributed by atoms with Gasteiger partial charge in [-0.05, 0) is 31.0 Å². The van der Waals surface area contributed by atoms with Crippen LogP contribution in [0, 0.1) is 5.92 Å². The zero-order valence-corrected chi connectivity index (χ0v) is 9.32. The Hall–Kier alpha value is -1.71. The molecular formula is C12H16N2O2. The molecule has 1 aromatic carbocycles. The first-order chi connectivity index (χ1) is 7.70. The predicted octanol–water partition coefficient (Wildman–Crippen LogP) is 1.30. The molecule has 0 bridgehead atoms. The number of nitrogens with two attached hydrogens (primary N) is 1. The molecule has 4 heteroatoms. The third-order valence-corrected chi connectivity index (χ3v) is 2.71. The molecule has 1 amide bonds. The summed E-state index contributed by atoms with van der Waals surface area (Å²) in [6, 6.07) is 5.42. The summed E-state index contributed by atoms with van der Waals surface area (Å²) < 4.78 is 5.20. The van der Waals surface area contributed by atoms with Crippen LogP contribution in [0.2, 0.25) is 0 Å². The monoisotopic (exact) mass is 220 g/mol. The van der Waals surface area contributed by atoms with Crippen LogP contribution in [-0.4, -0.2) is 13.0 Å². The van der Waals surface area contributed by atoms with Crippen LogP contribution in [0.3, 0.4) is 0 Å². The van der Waals surface area contributed by atoms with Crippen molar-refractivity contribution in [3.05, 3.63) is 23.8 Å². The van der Waals surface area contributed by atoms with Crippen LogP contribution in [-0.2, 0) is 11.3 Å². The number of nitrogen functional groups attached to an aromatic ring is 1. The first-order valence-electron chi connectivity index (χ1n) is 5.41. The van der Waals surface area contributed by atoms with Gasteiger partial charge >= 0.3 is 0 Å². The van der Waals surface area contributed by atoms with Crippen LogP contribution in [0.1, 0.15) is 18.4 Å². The molecule has 1 aromatic rings. The number of amides is 1. The Bertz CT molecular complexity index is 400. The highest BCUT2D eigenvalue weighted by molar-refractivity contribution is 5.80. The Morgan fingerprint density at radius 1 is 1.56 bits per heavy atom. The number of methoxy groups -OCH3 is 1. The van der Waals surface area contributed by atoms with E-state index in [9.17, 15) is 4.79 Å². The van der Waals surface area contributed by atoms with E-state index in [1.807, 2.05) is 12.1 Å². The quantitative estimate of drug-likeness (QED) is 0.752. The van der Waals surface area contributed by atoms with Crippen LogP contribution in [0.5, 0.6) is 5.75 Å². The summed E-state index contributed by atoms with van der Waals surface area (Å²) in [7, 11) is 1.61. The van der Waals surface area contributed by atoms with Crippen LogP contribution in [0.15, 0.2) is 18.2 Å². The van der Waals surface area contributed by atoms with Crippen LogP contribution < -0.4 is 15.8 Å². The zero-order valence-electron chi connectivity index (χ0n) is 9.32.